The van der Waals surface area contributed by atoms with E-state index >= 15 is 0 Å². The lowest BCUT2D eigenvalue weighted by molar-refractivity contribution is -0.136. The number of carbonyl (C=O) groups is 1. The third kappa shape index (κ3) is 7.62. The van der Waals surface area contributed by atoms with Crippen LogP contribution in [0.2, 0.25) is 0 Å². The van der Waals surface area contributed by atoms with Crippen LogP contribution in [0, 0.1) is 0 Å². The molecule has 0 saturated heterocycles. The van der Waals surface area contributed by atoms with Gasteiger partial charge in [0.2, 0.25) is 0 Å². The van der Waals surface area contributed by atoms with E-state index in [0.29, 0.717) is 12.4 Å². The molecule has 0 spiro atoms. The Labute approximate surface area is 118 Å². The van der Waals surface area contributed by atoms with Crippen molar-refractivity contribution in [1.29, 1.82) is 0 Å². The summed E-state index contributed by atoms with van der Waals surface area (Å²) in [6.07, 6.45) is 1.19. The number of thioether (sulfide) groups is 1. The van der Waals surface area contributed by atoms with Gasteiger partial charge in [0.1, 0.15) is 11.5 Å². The van der Waals surface area contributed by atoms with Crippen LogP contribution in [0.25, 0.3) is 0 Å². The second kappa shape index (κ2) is 9.55. The molecular weight excluding hydrogens is 264 g/mol. The van der Waals surface area contributed by atoms with E-state index in [-0.39, 0.29) is 6.42 Å². The second-order valence-corrected chi connectivity index (χ2v) is 5.15. The summed E-state index contributed by atoms with van der Waals surface area (Å²) in [4.78, 5) is 10.3. The number of rotatable bonds is 10. The van der Waals surface area contributed by atoms with Gasteiger partial charge in [0.25, 0.3) is 0 Å². The minimum atomic E-state index is -0.754. The average Bonchev–Trinajstić information content (AvgIpc) is 2.41. The molecule has 106 valence electrons. The van der Waals surface area contributed by atoms with E-state index < -0.39 is 5.97 Å². The lowest BCUT2D eigenvalue weighted by Gasteiger charge is -2.08. The molecule has 1 aromatic carbocycles. The molecule has 0 aliphatic heterocycles. The number of carboxylic acids is 1. The van der Waals surface area contributed by atoms with Crippen molar-refractivity contribution in [2.45, 2.75) is 19.8 Å². The molecule has 1 N–H and O–H groups in total. The quantitative estimate of drug-likeness (QED) is 0.669. The van der Waals surface area contributed by atoms with Gasteiger partial charge in [-0.25, -0.2) is 0 Å². The molecule has 0 unspecified atom stereocenters. The molecule has 0 aliphatic carbocycles. The van der Waals surface area contributed by atoms with Crippen molar-refractivity contribution < 1.29 is 19.4 Å². The number of ether oxygens (including phenoxy) is 2. The van der Waals surface area contributed by atoms with Gasteiger partial charge in [0, 0.05) is 11.5 Å². The molecule has 0 amide bonds. The zero-order valence-corrected chi connectivity index (χ0v) is 11.9. The molecule has 1 rings (SSSR count). The Morgan fingerprint density at radius 3 is 2.21 bits per heavy atom. The maximum absolute atomic E-state index is 10.3. The Balaban J connectivity index is 2.14. The second-order valence-electron chi connectivity index (χ2n) is 3.92. The van der Waals surface area contributed by atoms with Crippen LogP contribution in [0.1, 0.15) is 19.8 Å². The Hall–Kier alpha value is -1.36. The van der Waals surface area contributed by atoms with Gasteiger partial charge in [0.15, 0.2) is 0 Å². The lowest BCUT2D eigenvalue weighted by Crippen LogP contribution is -2.02. The van der Waals surface area contributed by atoms with Crippen LogP contribution in [0.5, 0.6) is 11.5 Å². The molecule has 19 heavy (non-hydrogen) atoms. The summed E-state index contributed by atoms with van der Waals surface area (Å²) >= 11 is 1.58. The van der Waals surface area contributed by atoms with Crippen molar-refractivity contribution in [3.05, 3.63) is 24.3 Å². The summed E-state index contributed by atoms with van der Waals surface area (Å²) < 4.78 is 11.0. The van der Waals surface area contributed by atoms with E-state index in [1.165, 1.54) is 0 Å². The molecular formula is C14H20O4S. The SMILES string of the molecule is CCCOc1ccc(OCCSCCC(=O)O)cc1. The zero-order chi connectivity index (χ0) is 13.9. The normalized spacial score (nSPS) is 10.2. The summed E-state index contributed by atoms with van der Waals surface area (Å²) in [6.45, 7) is 3.37. The maximum atomic E-state index is 10.3. The van der Waals surface area contributed by atoms with Crippen LogP contribution >= 0.6 is 11.8 Å². The summed E-state index contributed by atoms with van der Waals surface area (Å²) in [5, 5.41) is 8.48. The highest BCUT2D eigenvalue weighted by atomic mass is 32.2. The Morgan fingerprint density at radius 1 is 1.11 bits per heavy atom. The first-order chi connectivity index (χ1) is 9.22. The van der Waals surface area contributed by atoms with E-state index in [2.05, 4.69) is 6.92 Å². The predicted octanol–water partition coefficient (Wildman–Crippen LogP) is 3.06. The minimum Gasteiger partial charge on any atom is -0.494 e. The third-order valence-electron chi connectivity index (χ3n) is 2.25. The largest absolute Gasteiger partial charge is 0.494 e. The van der Waals surface area contributed by atoms with Gasteiger partial charge in [-0.3, -0.25) is 4.79 Å². The molecule has 0 bridgehead atoms. The predicted molar refractivity (Wildman–Crippen MR) is 77.3 cm³/mol. The highest BCUT2D eigenvalue weighted by Gasteiger charge is 1.98. The first-order valence-electron chi connectivity index (χ1n) is 6.37. The van der Waals surface area contributed by atoms with Gasteiger partial charge in [-0.1, -0.05) is 6.92 Å². The van der Waals surface area contributed by atoms with Crippen molar-refractivity contribution >= 4 is 17.7 Å². The third-order valence-corrected chi connectivity index (χ3v) is 3.20. The van der Waals surface area contributed by atoms with E-state index in [1.54, 1.807) is 11.8 Å². The summed E-state index contributed by atoms with van der Waals surface area (Å²) in [5.41, 5.74) is 0. The summed E-state index contributed by atoms with van der Waals surface area (Å²) in [6, 6.07) is 7.55. The van der Waals surface area contributed by atoms with Crippen LogP contribution in [0.3, 0.4) is 0 Å². The van der Waals surface area contributed by atoms with Crippen molar-refractivity contribution in [2.75, 3.05) is 24.7 Å². The van der Waals surface area contributed by atoms with Gasteiger partial charge in [-0.05, 0) is 30.7 Å². The first-order valence-corrected chi connectivity index (χ1v) is 7.53. The van der Waals surface area contributed by atoms with Crippen molar-refractivity contribution in [2.24, 2.45) is 0 Å². The molecule has 0 aromatic heterocycles. The highest BCUT2D eigenvalue weighted by molar-refractivity contribution is 7.99. The molecule has 0 saturated carbocycles. The fraction of sp³-hybridized carbons (Fsp3) is 0.500. The fourth-order valence-corrected chi connectivity index (χ4v) is 2.06. The Kier molecular flexibility index (Phi) is 7.89. The van der Waals surface area contributed by atoms with E-state index in [9.17, 15) is 4.79 Å². The summed E-state index contributed by atoms with van der Waals surface area (Å²) in [5.74, 6) is 2.33. The maximum Gasteiger partial charge on any atom is 0.304 e. The number of benzene rings is 1. The fourth-order valence-electron chi connectivity index (χ4n) is 1.33. The van der Waals surface area contributed by atoms with Crippen LogP contribution in [-0.2, 0) is 4.79 Å². The van der Waals surface area contributed by atoms with Gasteiger partial charge in [-0.2, -0.15) is 11.8 Å². The van der Waals surface area contributed by atoms with Crippen LogP contribution in [0.4, 0.5) is 0 Å². The molecule has 0 radical (unpaired) electrons. The van der Waals surface area contributed by atoms with Gasteiger partial charge >= 0.3 is 5.97 Å². The molecule has 0 atom stereocenters. The lowest BCUT2D eigenvalue weighted by atomic mass is 10.3. The zero-order valence-electron chi connectivity index (χ0n) is 11.1. The van der Waals surface area contributed by atoms with Gasteiger partial charge in [0.05, 0.1) is 19.6 Å². The van der Waals surface area contributed by atoms with Crippen LogP contribution in [0.15, 0.2) is 24.3 Å². The Bertz CT molecular complexity index is 364. The number of aliphatic carboxylic acids is 1. The molecule has 4 nitrogen and oxygen atoms in total. The van der Waals surface area contributed by atoms with Crippen LogP contribution < -0.4 is 9.47 Å². The monoisotopic (exact) mass is 284 g/mol. The van der Waals surface area contributed by atoms with Crippen LogP contribution in [-0.4, -0.2) is 35.8 Å². The smallest absolute Gasteiger partial charge is 0.304 e. The molecule has 0 aliphatic rings. The van der Waals surface area contributed by atoms with E-state index in [4.69, 9.17) is 14.6 Å². The van der Waals surface area contributed by atoms with E-state index in [1.807, 2.05) is 24.3 Å². The standard InChI is InChI=1S/C14H20O4S/c1-2-8-17-12-3-5-13(6-4-12)18-9-11-19-10-7-14(15)16/h3-6H,2,7-11H2,1H3,(H,15,16). The number of hydrogen-bond acceptors (Lipinski definition) is 4. The number of carboxylic acid groups (broad SMARTS) is 1. The van der Waals surface area contributed by atoms with E-state index in [0.717, 1.165) is 30.3 Å². The highest BCUT2D eigenvalue weighted by Crippen LogP contribution is 2.18. The first kappa shape index (κ1) is 15.7. The average molecular weight is 284 g/mol. The van der Waals surface area contributed by atoms with Crippen molar-refractivity contribution in [3.63, 3.8) is 0 Å². The van der Waals surface area contributed by atoms with Gasteiger partial charge in [-0.15, -0.1) is 0 Å². The topological polar surface area (TPSA) is 55.8 Å². The summed E-state index contributed by atoms with van der Waals surface area (Å²) in [7, 11) is 0. The molecule has 0 fully saturated rings. The van der Waals surface area contributed by atoms with Crippen molar-refractivity contribution in [3.8, 4) is 11.5 Å². The number of hydrogen-bond donors (Lipinski definition) is 1. The van der Waals surface area contributed by atoms with Crippen molar-refractivity contribution in [1.82, 2.24) is 0 Å². The van der Waals surface area contributed by atoms with Gasteiger partial charge < -0.3 is 14.6 Å². The molecule has 5 heteroatoms. The minimum absolute atomic E-state index is 0.203. The molecule has 1 aromatic rings. The molecule has 0 heterocycles. The Morgan fingerprint density at radius 2 is 1.68 bits per heavy atom.